The van der Waals surface area contributed by atoms with Crippen LogP contribution in [0, 0.1) is 5.82 Å². The number of ether oxygens (including phenoxy) is 2. The second-order valence-electron chi connectivity index (χ2n) is 8.56. The van der Waals surface area contributed by atoms with Gasteiger partial charge in [0.15, 0.2) is 0 Å². The van der Waals surface area contributed by atoms with Crippen molar-refractivity contribution in [1.82, 2.24) is 4.98 Å². The lowest BCUT2D eigenvalue weighted by Gasteiger charge is -2.33. The zero-order chi connectivity index (χ0) is 23.7. The van der Waals surface area contributed by atoms with E-state index in [-0.39, 0.29) is 18.5 Å². The van der Waals surface area contributed by atoms with Crippen molar-refractivity contribution in [1.29, 1.82) is 0 Å². The number of rotatable bonds is 6. The van der Waals surface area contributed by atoms with Crippen molar-refractivity contribution < 1.29 is 24.1 Å². The molecule has 0 radical (unpaired) electrons. The van der Waals surface area contributed by atoms with Crippen LogP contribution in [0.4, 0.5) is 4.39 Å². The van der Waals surface area contributed by atoms with Gasteiger partial charge in [-0.15, -0.1) is 11.3 Å². The van der Waals surface area contributed by atoms with Crippen molar-refractivity contribution in [3.63, 3.8) is 0 Å². The van der Waals surface area contributed by atoms with E-state index in [0.29, 0.717) is 19.3 Å². The van der Waals surface area contributed by atoms with Crippen molar-refractivity contribution in [2.75, 3.05) is 13.7 Å². The predicted molar refractivity (Wildman–Crippen MR) is 131 cm³/mol. The molecule has 1 fully saturated rings. The topological polar surface area (TPSA) is 71.8 Å². The maximum atomic E-state index is 13.3. The highest BCUT2D eigenvalue weighted by Gasteiger charge is 2.31. The second kappa shape index (κ2) is 9.80. The zero-order valence-electron chi connectivity index (χ0n) is 18.8. The van der Waals surface area contributed by atoms with E-state index in [1.165, 1.54) is 12.1 Å². The number of halogens is 1. The van der Waals surface area contributed by atoms with Gasteiger partial charge in [0.25, 0.3) is 0 Å². The third kappa shape index (κ3) is 4.57. The molecule has 5 nitrogen and oxygen atoms in total. The van der Waals surface area contributed by atoms with E-state index in [1.54, 1.807) is 30.6 Å². The summed E-state index contributed by atoms with van der Waals surface area (Å²) in [4.78, 5) is 5.58. The highest BCUT2D eigenvalue weighted by Crippen LogP contribution is 2.41. The van der Waals surface area contributed by atoms with Crippen molar-refractivity contribution in [3.8, 4) is 16.2 Å². The first kappa shape index (κ1) is 22.9. The van der Waals surface area contributed by atoms with Crippen LogP contribution in [0.25, 0.3) is 21.2 Å². The first-order valence-electron chi connectivity index (χ1n) is 11.3. The molecule has 2 N–H and O–H groups in total. The summed E-state index contributed by atoms with van der Waals surface area (Å²) in [5.41, 5.74) is 2.87. The summed E-state index contributed by atoms with van der Waals surface area (Å²) < 4.78 is 25.3. The largest absolute Gasteiger partial charge is 0.496 e. The van der Waals surface area contributed by atoms with Crippen LogP contribution >= 0.6 is 11.3 Å². The molecule has 0 bridgehead atoms. The van der Waals surface area contributed by atoms with Crippen LogP contribution in [0.2, 0.25) is 0 Å². The van der Waals surface area contributed by atoms with Crippen LogP contribution in [0.15, 0.2) is 60.8 Å². The number of aromatic nitrogens is 1. The summed E-state index contributed by atoms with van der Waals surface area (Å²) >= 11 is 1.56. The van der Waals surface area contributed by atoms with Crippen LogP contribution in [0.5, 0.6) is 5.75 Å². The Morgan fingerprint density at radius 3 is 2.62 bits per heavy atom. The standard InChI is InChI=1S/C27H26FNO4S/c1-32-27-17(11-26-29-14-25(34-26)16-6-8-18(28)9-7-16)10-23(21-4-2-3-5-22(21)27)24-13-19(31)12-20(15-30)33-24/h2-10,14,19-20,24,30-31H,11-13,15H2,1H3. The van der Waals surface area contributed by atoms with Crippen molar-refractivity contribution in [3.05, 3.63) is 82.7 Å². The Morgan fingerprint density at radius 1 is 1.12 bits per heavy atom. The molecule has 3 unspecified atom stereocenters. The van der Waals surface area contributed by atoms with E-state index in [1.807, 2.05) is 30.5 Å². The summed E-state index contributed by atoms with van der Waals surface area (Å²) in [5, 5.41) is 22.9. The fourth-order valence-electron chi connectivity index (χ4n) is 4.69. The molecule has 4 aromatic rings. The molecule has 34 heavy (non-hydrogen) atoms. The Hall–Kier alpha value is -2.84. The van der Waals surface area contributed by atoms with Gasteiger partial charge >= 0.3 is 0 Å². The van der Waals surface area contributed by atoms with Gasteiger partial charge in [0, 0.05) is 36.4 Å². The lowest BCUT2D eigenvalue weighted by molar-refractivity contribution is -0.113. The minimum Gasteiger partial charge on any atom is -0.496 e. The average molecular weight is 480 g/mol. The molecule has 176 valence electrons. The zero-order valence-corrected chi connectivity index (χ0v) is 19.6. The van der Waals surface area contributed by atoms with Gasteiger partial charge in [-0.05, 0) is 34.7 Å². The maximum Gasteiger partial charge on any atom is 0.130 e. The molecule has 1 aliphatic heterocycles. The fraction of sp³-hybridized carbons (Fsp3) is 0.296. The van der Waals surface area contributed by atoms with Crippen LogP contribution in [-0.4, -0.2) is 41.1 Å². The Balaban J connectivity index is 1.54. The van der Waals surface area contributed by atoms with E-state index < -0.39 is 12.2 Å². The molecule has 2 heterocycles. The molecule has 0 spiro atoms. The molecule has 5 rings (SSSR count). The Morgan fingerprint density at radius 2 is 1.88 bits per heavy atom. The molecule has 7 heteroatoms. The summed E-state index contributed by atoms with van der Waals surface area (Å²) in [7, 11) is 1.67. The van der Waals surface area contributed by atoms with E-state index in [0.717, 1.165) is 43.1 Å². The van der Waals surface area contributed by atoms with E-state index in [2.05, 4.69) is 11.1 Å². The van der Waals surface area contributed by atoms with Gasteiger partial charge in [-0.2, -0.15) is 0 Å². The van der Waals surface area contributed by atoms with Gasteiger partial charge in [0.1, 0.15) is 11.6 Å². The molecule has 0 amide bonds. The van der Waals surface area contributed by atoms with Gasteiger partial charge in [0.2, 0.25) is 0 Å². The molecule has 0 aliphatic carbocycles. The number of aliphatic hydroxyl groups is 2. The number of aliphatic hydroxyl groups excluding tert-OH is 2. The van der Waals surface area contributed by atoms with Gasteiger partial charge in [-0.25, -0.2) is 9.37 Å². The fourth-order valence-corrected chi connectivity index (χ4v) is 5.63. The molecule has 0 saturated carbocycles. The normalized spacial score (nSPS) is 20.5. The summed E-state index contributed by atoms with van der Waals surface area (Å²) in [6.45, 7) is -0.125. The number of nitrogens with zero attached hydrogens (tertiary/aromatic N) is 1. The average Bonchev–Trinajstić information content (AvgIpc) is 3.32. The lowest BCUT2D eigenvalue weighted by atomic mass is 9.90. The number of hydrogen-bond donors (Lipinski definition) is 2. The predicted octanol–water partition coefficient (Wildman–Crippen LogP) is 5.28. The Labute approximate surface area is 201 Å². The highest BCUT2D eigenvalue weighted by molar-refractivity contribution is 7.15. The monoisotopic (exact) mass is 479 g/mol. The second-order valence-corrected chi connectivity index (χ2v) is 9.68. The third-order valence-electron chi connectivity index (χ3n) is 6.26. The molecule has 1 saturated heterocycles. The van der Waals surface area contributed by atoms with E-state index in [4.69, 9.17) is 9.47 Å². The molecule has 3 atom stereocenters. The van der Waals surface area contributed by atoms with Crippen LogP contribution in [0.3, 0.4) is 0 Å². The molecule has 1 aliphatic rings. The summed E-state index contributed by atoms with van der Waals surface area (Å²) in [5.74, 6) is 0.522. The molecular formula is C27H26FNO4S. The Bertz CT molecular complexity index is 1290. The van der Waals surface area contributed by atoms with Crippen molar-refractivity contribution in [2.24, 2.45) is 0 Å². The first-order valence-corrected chi connectivity index (χ1v) is 12.1. The SMILES string of the molecule is COc1c(Cc2ncc(-c3ccc(F)cc3)s2)cc(C2CC(O)CC(CO)O2)c2ccccc12. The number of hydrogen-bond acceptors (Lipinski definition) is 6. The van der Waals surface area contributed by atoms with E-state index in [9.17, 15) is 14.6 Å². The third-order valence-corrected chi connectivity index (χ3v) is 7.31. The minimum atomic E-state index is -0.530. The smallest absolute Gasteiger partial charge is 0.130 e. The molecule has 3 aromatic carbocycles. The first-order chi connectivity index (χ1) is 16.6. The number of thiazole rings is 1. The van der Waals surface area contributed by atoms with Crippen molar-refractivity contribution in [2.45, 2.75) is 37.6 Å². The summed E-state index contributed by atoms with van der Waals surface area (Å²) in [6.07, 6.45) is 2.02. The minimum absolute atomic E-state index is 0.125. The number of benzene rings is 3. The van der Waals surface area contributed by atoms with Crippen LogP contribution in [0.1, 0.15) is 35.1 Å². The number of fused-ring (bicyclic) bond motifs is 1. The van der Waals surface area contributed by atoms with Crippen LogP contribution in [-0.2, 0) is 11.2 Å². The van der Waals surface area contributed by atoms with Gasteiger partial charge in [-0.1, -0.05) is 36.4 Å². The van der Waals surface area contributed by atoms with E-state index >= 15 is 0 Å². The Kier molecular flexibility index (Phi) is 6.61. The van der Waals surface area contributed by atoms with Crippen LogP contribution < -0.4 is 4.74 Å². The summed E-state index contributed by atoms with van der Waals surface area (Å²) in [6, 6.07) is 16.5. The van der Waals surface area contributed by atoms with Crippen molar-refractivity contribution >= 4 is 22.1 Å². The van der Waals surface area contributed by atoms with Gasteiger partial charge < -0.3 is 19.7 Å². The van der Waals surface area contributed by atoms with Gasteiger partial charge in [0.05, 0.1) is 41.9 Å². The van der Waals surface area contributed by atoms with Gasteiger partial charge in [-0.3, -0.25) is 0 Å². The molecule has 1 aromatic heterocycles. The highest BCUT2D eigenvalue weighted by atomic mass is 32.1. The number of methoxy groups -OCH3 is 1. The quantitative estimate of drug-likeness (QED) is 0.394. The lowest BCUT2D eigenvalue weighted by Crippen LogP contribution is -2.33. The molecular weight excluding hydrogens is 453 g/mol. The maximum absolute atomic E-state index is 13.3.